The molecule has 0 saturated heterocycles. The number of alkyl halides is 3. The van der Waals surface area contributed by atoms with Crippen LogP contribution in [0.5, 0.6) is 11.5 Å². The molecule has 4 nitrogen and oxygen atoms in total. The number of nitrogens with zero attached hydrogens (tertiary/aromatic N) is 1. The van der Waals surface area contributed by atoms with Gasteiger partial charge in [-0.15, -0.1) is 0 Å². The van der Waals surface area contributed by atoms with E-state index in [-0.39, 0.29) is 23.5 Å². The van der Waals surface area contributed by atoms with Gasteiger partial charge in [-0.2, -0.15) is 13.2 Å². The van der Waals surface area contributed by atoms with Crippen molar-refractivity contribution in [3.8, 4) is 22.6 Å². The molecule has 0 fully saturated rings. The number of halogens is 3. The number of anilines is 1. The Morgan fingerprint density at radius 3 is 2.06 bits per heavy atom. The summed E-state index contributed by atoms with van der Waals surface area (Å²) in [6.07, 6.45) is -5.22. The Morgan fingerprint density at radius 2 is 1.50 bits per heavy atom. The molecule has 192 valence electrons. The summed E-state index contributed by atoms with van der Waals surface area (Å²) >= 11 is 0. The topological polar surface area (TPSA) is 38.8 Å². The minimum Gasteiger partial charge on any atom is -0.465 e. The van der Waals surface area contributed by atoms with E-state index >= 15 is 0 Å². The van der Waals surface area contributed by atoms with Gasteiger partial charge in [-0.1, -0.05) is 63.2 Å². The fourth-order valence-electron chi connectivity index (χ4n) is 3.77. The van der Waals surface area contributed by atoms with Crippen molar-refractivity contribution in [2.24, 2.45) is 0 Å². The lowest BCUT2D eigenvalue weighted by Crippen LogP contribution is -2.27. The molecule has 0 aliphatic carbocycles. The van der Waals surface area contributed by atoms with Gasteiger partial charge in [0.05, 0.1) is 18.7 Å². The van der Waals surface area contributed by atoms with Crippen molar-refractivity contribution < 1.29 is 27.4 Å². The minimum absolute atomic E-state index is 0.00173. The first-order chi connectivity index (χ1) is 16.9. The van der Waals surface area contributed by atoms with Crippen molar-refractivity contribution in [3.05, 3.63) is 77.9 Å². The van der Waals surface area contributed by atoms with Crippen LogP contribution in [-0.4, -0.2) is 32.3 Å². The summed E-state index contributed by atoms with van der Waals surface area (Å²) in [6, 6.07) is 19.6. The number of hydrogen-bond donors (Lipinski definition) is 0. The molecule has 0 bridgehead atoms. The predicted molar refractivity (Wildman–Crippen MR) is 137 cm³/mol. The zero-order valence-electron chi connectivity index (χ0n) is 21.3. The summed E-state index contributed by atoms with van der Waals surface area (Å²) in [5, 5.41) is 0. The number of hydrogen-bond acceptors (Lipinski definition) is 4. The highest BCUT2D eigenvalue weighted by Crippen LogP contribution is 2.37. The van der Waals surface area contributed by atoms with E-state index < -0.39 is 12.6 Å². The highest BCUT2D eigenvalue weighted by Gasteiger charge is 2.27. The van der Waals surface area contributed by atoms with E-state index in [9.17, 15) is 18.0 Å². The van der Waals surface area contributed by atoms with Gasteiger partial charge >= 0.3 is 12.1 Å². The molecule has 0 amide bonds. The van der Waals surface area contributed by atoms with E-state index in [2.05, 4.69) is 20.8 Å². The third-order valence-electron chi connectivity index (χ3n) is 5.68. The molecule has 0 unspecified atom stereocenters. The molecular weight excluding hydrogens is 467 g/mol. The van der Waals surface area contributed by atoms with Crippen molar-refractivity contribution in [2.45, 2.75) is 45.7 Å². The first-order valence-electron chi connectivity index (χ1n) is 11.8. The number of carbonyl (C=O) groups excluding carboxylic acids is 1. The van der Waals surface area contributed by atoms with Crippen LogP contribution in [0.2, 0.25) is 0 Å². The first kappa shape index (κ1) is 27.1. The van der Waals surface area contributed by atoms with Crippen molar-refractivity contribution in [1.29, 1.82) is 0 Å². The van der Waals surface area contributed by atoms with E-state index in [0.717, 1.165) is 11.1 Å². The minimum atomic E-state index is -4.25. The molecule has 3 aromatic rings. The third kappa shape index (κ3) is 7.51. The van der Waals surface area contributed by atoms with Gasteiger partial charge in [0.2, 0.25) is 0 Å². The molecule has 0 heterocycles. The van der Waals surface area contributed by atoms with Crippen LogP contribution in [0.1, 0.15) is 38.8 Å². The van der Waals surface area contributed by atoms with E-state index in [1.165, 1.54) is 17.7 Å². The summed E-state index contributed by atoms with van der Waals surface area (Å²) in [4.78, 5) is 13.8. The summed E-state index contributed by atoms with van der Waals surface area (Å²) in [6.45, 7) is 8.48. The molecule has 0 N–H and O–H groups in total. The maximum absolute atomic E-state index is 12.7. The molecule has 0 spiro atoms. The summed E-state index contributed by atoms with van der Waals surface area (Å²) in [5.41, 5.74) is 3.59. The zero-order valence-corrected chi connectivity index (χ0v) is 21.3. The number of ether oxygens (including phenoxy) is 2. The van der Waals surface area contributed by atoms with Crippen LogP contribution in [0.4, 0.5) is 18.9 Å². The maximum Gasteiger partial charge on any atom is 0.393 e. The fourth-order valence-corrected chi connectivity index (χ4v) is 3.77. The number of benzene rings is 3. The Morgan fingerprint density at radius 1 is 0.889 bits per heavy atom. The van der Waals surface area contributed by atoms with Crippen molar-refractivity contribution >= 4 is 11.7 Å². The van der Waals surface area contributed by atoms with E-state index in [1.54, 1.807) is 31.0 Å². The Bertz CT molecular complexity index is 1160. The van der Waals surface area contributed by atoms with E-state index in [4.69, 9.17) is 9.47 Å². The molecule has 0 aliphatic heterocycles. The van der Waals surface area contributed by atoms with Crippen LogP contribution in [0.15, 0.2) is 66.7 Å². The largest absolute Gasteiger partial charge is 0.465 e. The summed E-state index contributed by atoms with van der Waals surface area (Å²) in [7, 11) is 1.77. The Hall–Kier alpha value is -3.48. The average Bonchev–Trinajstić information content (AvgIpc) is 2.78. The number of rotatable bonds is 8. The Labute approximate surface area is 210 Å². The van der Waals surface area contributed by atoms with Gasteiger partial charge in [0.15, 0.2) is 5.75 Å². The highest BCUT2D eigenvalue weighted by molar-refractivity contribution is 5.78. The monoisotopic (exact) mass is 499 g/mol. The van der Waals surface area contributed by atoms with Gasteiger partial charge in [-0.3, -0.25) is 4.79 Å². The molecule has 7 heteroatoms. The molecule has 0 saturated carbocycles. The smallest absolute Gasteiger partial charge is 0.393 e. The highest BCUT2D eigenvalue weighted by atomic mass is 19.4. The van der Waals surface area contributed by atoms with Crippen LogP contribution in [-0.2, 0) is 21.4 Å². The quantitative estimate of drug-likeness (QED) is 0.300. The van der Waals surface area contributed by atoms with Gasteiger partial charge in [0.25, 0.3) is 0 Å². The molecule has 0 aliphatic rings. The average molecular weight is 500 g/mol. The van der Waals surface area contributed by atoms with Gasteiger partial charge in [-0.25, -0.2) is 0 Å². The summed E-state index contributed by atoms with van der Waals surface area (Å²) < 4.78 is 49.5. The van der Waals surface area contributed by atoms with E-state index in [0.29, 0.717) is 23.8 Å². The lowest BCUT2D eigenvalue weighted by atomic mass is 9.87. The molecular formula is C29H32F3NO3. The first-order valence-corrected chi connectivity index (χ1v) is 11.8. The molecule has 3 rings (SSSR count). The molecule has 0 atom stereocenters. The normalized spacial score (nSPS) is 11.8. The van der Waals surface area contributed by atoms with Gasteiger partial charge in [-0.05, 0) is 58.9 Å². The van der Waals surface area contributed by atoms with Gasteiger partial charge in [0, 0.05) is 7.05 Å². The van der Waals surface area contributed by atoms with Crippen molar-refractivity contribution in [2.75, 3.05) is 25.1 Å². The number of likely N-dealkylation sites (N-methyl/N-ethyl adjacent to an activating group) is 1. The fraction of sp³-hybridized carbons (Fsp3) is 0.345. The van der Waals surface area contributed by atoms with Crippen LogP contribution < -0.4 is 9.64 Å². The standard InChI is InChI=1S/C29H32F3NO3/c1-6-35-27(34)19-33(5)25-16-11-22(21-9-7-20(8-10-21)18-29(30,31)32)17-26(25)36-24-14-12-23(13-15-24)28(2,3)4/h7-17H,6,18-19H2,1-5H3. The lowest BCUT2D eigenvalue weighted by Gasteiger charge is -2.23. The van der Waals surface area contributed by atoms with Crippen LogP contribution in [0, 0.1) is 0 Å². The third-order valence-corrected chi connectivity index (χ3v) is 5.68. The van der Waals surface area contributed by atoms with E-state index in [1.807, 2.05) is 42.5 Å². The Balaban J connectivity index is 1.94. The second-order valence-corrected chi connectivity index (χ2v) is 9.71. The molecule has 3 aromatic carbocycles. The predicted octanol–water partition coefficient (Wildman–Crippen LogP) is 7.55. The second-order valence-electron chi connectivity index (χ2n) is 9.71. The molecule has 0 aromatic heterocycles. The van der Waals surface area contributed by atoms with Gasteiger partial charge in [0.1, 0.15) is 12.3 Å². The Kier molecular flexibility index (Phi) is 8.33. The van der Waals surface area contributed by atoms with Crippen molar-refractivity contribution in [1.82, 2.24) is 0 Å². The molecule has 0 radical (unpaired) electrons. The maximum atomic E-state index is 12.7. The van der Waals surface area contributed by atoms with Crippen LogP contribution in [0.3, 0.4) is 0 Å². The van der Waals surface area contributed by atoms with Crippen LogP contribution in [0.25, 0.3) is 11.1 Å². The lowest BCUT2D eigenvalue weighted by molar-refractivity contribution is -0.141. The van der Waals surface area contributed by atoms with Crippen LogP contribution >= 0.6 is 0 Å². The van der Waals surface area contributed by atoms with Crippen molar-refractivity contribution in [3.63, 3.8) is 0 Å². The number of esters is 1. The zero-order chi connectivity index (χ0) is 26.5. The summed E-state index contributed by atoms with van der Waals surface area (Å²) in [5.74, 6) is 0.790. The number of carbonyl (C=O) groups is 1. The SMILES string of the molecule is CCOC(=O)CN(C)c1ccc(-c2ccc(CC(F)(F)F)cc2)cc1Oc1ccc(C(C)(C)C)cc1. The van der Waals surface area contributed by atoms with Gasteiger partial charge < -0.3 is 14.4 Å². The second kappa shape index (κ2) is 11.1. The molecule has 36 heavy (non-hydrogen) atoms.